The summed E-state index contributed by atoms with van der Waals surface area (Å²) in [7, 11) is 0. The molecule has 3 heteroatoms. The monoisotopic (exact) mass is 202 g/mol. The quantitative estimate of drug-likeness (QED) is 0.698. The Kier molecular flexibility index (Phi) is 2.81. The van der Waals surface area contributed by atoms with Crippen LogP contribution in [0.25, 0.3) is 0 Å². The summed E-state index contributed by atoms with van der Waals surface area (Å²) in [5, 5.41) is 6.07. The first kappa shape index (κ1) is 9.90. The largest absolute Gasteiger partial charge is 0.298 e. The van der Waals surface area contributed by atoms with Crippen molar-refractivity contribution in [2.24, 2.45) is 11.0 Å². The van der Waals surface area contributed by atoms with E-state index in [0.29, 0.717) is 13.0 Å². The van der Waals surface area contributed by atoms with E-state index in [9.17, 15) is 4.79 Å². The standard InChI is InChI=1S/C12H14N2O/c1-10-7-12(15)9-14(13-8-10)11-5-3-2-4-6-11/h2-6,8,10H,7,9H2,1H3. The lowest BCUT2D eigenvalue weighted by Gasteiger charge is -2.15. The second-order valence-corrected chi connectivity index (χ2v) is 3.88. The van der Waals surface area contributed by atoms with Crippen LogP contribution in [-0.2, 0) is 4.79 Å². The zero-order chi connectivity index (χ0) is 10.7. The van der Waals surface area contributed by atoms with Crippen LogP contribution in [0, 0.1) is 5.92 Å². The van der Waals surface area contributed by atoms with Crippen LogP contribution in [0.1, 0.15) is 13.3 Å². The minimum absolute atomic E-state index is 0.240. The van der Waals surface area contributed by atoms with Crippen LogP contribution in [0.5, 0.6) is 0 Å². The number of nitrogens with zero attached hydrogens (tertiary/aromatic N) is 2. The maximum absolute atomic E-state index is 11.6. The summed E-state index contributed by atoms with van der Waals surface area (Å²) in [6.07, 6.45) is 2.44. The van der Waals surface area contributed by atoms with Crippen LogP contribution in [0.2, 0.25) is 0 Å². The Morgan fingerprint density at radius 1 is 1.33 bits per heavy atom. The number of para-hydroxylation sites is 1. The third kappa shape index (κ3) is 2.43. The zero-order valence-electron chi connectivity index (χ0n) is 8.76. The van der Waals surface area contributed by atoms with Gasteiger partial charge in [0, 0.05) is 18.6 Å². The number of hydrogen-bond acceptors (Lipinski definition) is 3. The SMILES string of the molecule is CC1C=NN(c2ccccc2)CC(=O)C1. The first-order valence-corrected chi connectivity index (χ1v) is 5.14. The Bertz CT molecular complexity index is 372. The average molecular weight is 202 g/mol. The molecule has 0 spiro atoms. The molecule has 0 N–H and O–H groups in total. The van der Waals surface area contributed by atoms with Crippen molar-refractivity contribution in [1.82, 2.24) is 0 Å². The summed E-state index contributed by atoms with van der Waals surface area (Å²) in [6, 6.07) is 9.77. The molecular formula is C12H14N2O. The average Bonchev–Trinajstić information content (AvgIpc) is 2.41. The van der Waals surface area contributed by atoms with Crippen molar-refractivity contribution >= 4 is 17.7 Å². The molecule has 1 aliphatic heterocycles. The summed E-state index contributed by atoms with van der Waals surface area (Å²) in [5.74, 6) is 0.482. The number of anilines is 1. The van der Waals surface area contributed by atoms with Gasteiger partial charge in [-0.1, -0.05) is 25.1 Å². The fourth-order valence-electron chi connectivity index (χ4n) is 1.64. The molecule has 1 heterocycles. The Labute approximate surface area is 89.4 Å². The van der Waals surface area contributed by atoms with Gasteiger partial charge in [0.25, 0.3) is 0 Å². The molecule has 0 amide bonds. The maximum Gasteiger partial charge on any atom is 0.154 e. The minimum atomic E-state index is 0.240. The smallest absolute Gasteiger partial charge is 0.154 e. The van der Waals surface area contributed by atoms with Crippen molar-refractivity contribution in [2.75, 3.05) is 11.6 Å². The molecule has 0 bridgehead atoms. The number of ketones is 1. The molecule has 0 saturated heterocycles. The van der Waals surface area contributed by atoms with Crippen LogP contribution in [0.15, 0.2) is 35.4 Å². The third-order valence-electron chi connectivity index (χ3n) is 2.39. The third-order valence-corrected chi connectivity index (χ3v) is 2.39. The second-order valence-electron chi connectivity index (χ2n) is 3.88. The lowest BCUT2D eigenvalue weighted by molar-refractivity contribution is -0.118. The van der Waals surface area contributed by atoms with Crippen LogP contribution in [0.3, 0.4) is 0 Å². The summed E-state index contributed by atoms with van der Waals surface area (Å²) < 4.78 is 0. The topological polar surface area (TPSA) is 32.7 Å². The first-order valence-electron chi connectivity index (χ1n) is 5.14. The van der Waals surface area contributed by atoms with Gasteiger partial charge in [-0.05, 0) is 12.1 Å². The van der Waals surface area contributed by atoms with Crippen molar-refractivity contribution in [1.29, 1.82) is 0 Å². The van der Waals surface area contributed by atoms with Crippen molar-refractivity contribution in [3.05, 3.63) is 30.3 Å². The van der Waals surface area contributed by atoms with Crippen molar-refractivity contribution in [3.63, 3.8) is 0 Å². The molecule has 0 fully saturated rings. The molecule has 3 nitrogen and oxygen atoms in total. The van der Waals surface area contributed by atoms with E-state index in [1.165, 1.54) is 0 Å². The molecule has 1 atom stereocenters. The predicted molar refractivity (Wildman–Crippen MR) is 61.1 cm³/mol. The van der Waals surface area contributed by atoms with E-state index in [1.807, 2.05) is 43.5 Å². The van der Waals surface area contributed by atoms with Crippen LogP contribution < -0.4 is 5.01 Å². The molecule has 0 saturated carbocycles. The minimum Gasteiger partial charge on any atom is -0.298 e. The number of hydrogen-bond donors (Lipinski definition) is 0. The summed E-state index contributed by atoms with van der Waals surface area (Å²) >= 11 is 0. The normalized spacial score (nSPS) is 21.5. The molecule has 0 radical (unpaired) electrons. The number of carbonyl (C=O) groups excluding carboxylic acids is 1. The number of hydrazone groups is 1. The number of rotatable bonds is 1. The van der Waals surface area contributed by atoms with E-state index < -0.39 is 0 Å². The zero-order valence-corrected chi connectivity index (χ0v) is 8.76. The summed E-state index contributed by atoms with van der Waals surface area (Å²) in [5.41, 5.74) is 0.969. The van der Waals surface area contributed by atoms with E-state index in [-0.39, 0.29) is 11.7 Å². The first-order chi connectivity index (χ1) is 7.25. The van der Waals surface area contributed by atoms with E-state index in [1.54, 1.807) is 5.01 Å². The van der Waals surface area contributed by atoms with Crippen molar-refractivity contribution in [3.8, 4) is 0 Å². The highest BCUT2D eigenvalue weighted by molar-refractivity contribution is 5.87. The van der Waals surface area contributed by atoms with Crippen LogP contribution in [-0.4, -0.2) is 18.5 Å². The Balaban J connectivity index is 2.22. The predicted octanol–water partition coefficient (Wildman–Crippen LogP) is 2.09. The van der Waals surface area contributed by atoms with Crippen molar-refractivity contribution in [2.45, 2.75) is 13.3 Å². The Morgan fingerprint density at radius 2 is 2.07 bits per heavy atom. The van der Waals surface area contributed by atoms with Gasteiger partial charge in [-0.25, -0.2) is 0 Å². The van der Waals surface area contributed by atoms with Crippen LogP contribution >= 0.6 is 0 Å². The van der Waals surface area contributed by atoms with Gasteiger partial charge in [0.05, 0.1) is 5.69 Å². The molecular weight excluding hydrogens is 188 g/mol. The van der Waals surface area contributed by atoms with Crippen molar-refractivity contribution < 1.29 is 4.79 Å². The fourth-order valence-corrected chi connectivity index (χ4v) is 1.64. The molecule has 0 aromatic heterocycles. The molecule has 1 aromatic rings. The second kappa shape index (κ2) is 4.26. The number of carbonyl (C=O) groups is 1. The Morgan fingerprint density at radius 3 is 2.80 bits per heavy atom. The van der Waals surface area contributed by atoms with Gasteiger partial charge >= 0.3 is 0 Å². The fraction of sp³-hybridized carbons (Fsp3) is 0.333. The lowest BCUT2D eigenvalue weighted by atomic mass is 10.1. The van der Waals surface area contributed by atoms with Gasteiger partial charge in [-0.3, -0.25) is 9.80 Å². The molecule has 1 aliphatic rings. The van der Waals surface area contributed by atoms with E-state index in [4.69, 9.17) is 0 Å². The molecule has 15 heavy (non-hydrogen) atoms. The molecule has 78 valence electrons. The van der Waals surface area contributed by atoms with Gasteiger partial charge in [0.15, 0.2) is 5.78 Å². The molecule has 2 rings (SSSR count). The van der Waals surface area contributed by atoms with Gasteiger partial charge in [0.2, 0.25) is 0 Å². The molecule has 0 aliphatic carbocycles. The lowest BCUT2D eigenvalue weighted by Crippen LogP contribution is -2.22. The highest BCUT2D eigenvalue weighted by Gasteiger charge is 2.16. The Hall–Kier alpha value is -1.64. The summed E-state index contributed by atoms with van der Waals surface area (Å²) in [6.45, 7) is 2.39. The van der Waals surface area contributed by atoms with Gasteiger partial charge in [-0.15, -0.1) is 0 Å². The van der Waals surface area contributed by atoms with E-state index in [0.717, 1.165) is 5.69 Å². The van der Waals surface area contributed by atoms with E-state index >= 15 is 0 Å². The number of Topliss-reactive ketones (excluding diaryl/α,β-unsaturated/α-hetero) is 1. The molecule has 1 aromatic carbocycles. The van der Waals surface area contributed by atoms with Crippen LogP contribution in [0.4, 0.5) is 5.69 Å². The summed E-state index contributed by atoms with van der Waals surface area (Å²) in [4.78, 5) is 11.6. The maximum atomic E-state index is 11.6. The van der Waals surface area contributed by atoms with Gasteiger partial charge < -0.3 is 0 Å². The highest BCUT2D eigenvalue weighted by atomic mass is 16.1. The van der Waals surface area contributed by atoms with Gasteiger partial charge in [-0.2, -0.15) is 5.10 Å². The molecule has 1 unspecified atom stereocenters. The number of benzene rings is 1. The highest BCUT2D eigenvalue weighted by Crippen LogP contribution is 2.16. The van der Waals surface area contributed by atoms with Gasteiger partial charge in [0.1, 0.15) is 6.54 Å². The van der Waals surface area contributed by atoms with E-state index in [2.05, 4.69) is 5.10 Å².